The van der Waals surface area contributed by atoms with E-state index in [2.05, 4.69) is 118 Å². The predicted octanol–water partition coefficient (Wildman–Crippen LogP) is 13.3. The van der Waals surface area contributed by atoms with Crippen molar-refractivity contribution in [1.82, 2.24) is 5.32 Å². The average Bonchev–Trinajstić information content (AvgIpc) is 3.71. The highest BCUT2D eigenvalue weighted by Crippen LogP contribution is 2.61. The molecule has 4 heterocycles. The lowest BCUT2D eigenvalue weighted by atomic mass is 9.69. The largest absolute Gasteiger partial charge is 0.481 e. The molecule has 296 valence electrons. The molecule has 5 heteroatoms. The highest BCUT2D eigenvalue weighted by Gasteiger charge is 2.52. The Hall–Kier alpha value is -0.930. The van der Waals surface area contributed by atoms with E-state index in [9.17, 15) is 0 Å². The molecule has 3 N–H and O–H groups in total. The summed E-state index contributed by atoms with van der Waals surface area (Å²) in [7, 11) is 0. The van der Waals surface area contributed by atoms with Crippen LogP contribution in [0.25, 0.3) is 4.91 Å². The Morgan fingerprint density at radius 3 is 2.02 bits per heavy atom. The van der Waals surface area contributed by atoms with Crippen molar-refractivity contribution in [1.29, 1.82) is 0 Å². The summed E-state index contributed by atoms with van der Waals surface area (Å²) < 4.78 is 7.63. The highest BCUT2D eigenvalue weighted by molar-refractivity contribution is 8.09. The second kappa shape index (κ2) is 18.8. The van der Waals surface area contributed by atoms with Crippen molar-refractivity contribution in [3.8, 4) is 17.6 Å². The van der Waals surface area contributed by atoms with Crippen molar-refractivity contribution >= 4 is 28.0 Å². The lowest BCUT2D eigenvalue weighted by Gasteiger charge is -2.48. The molecule has 1 aromatic heterocycles. The van der Waals surface area contributed by atoms with Crippen LogP contribution in [0, 0.1) is 52.8 Å². The minimum Gasteiger partial charge on any atom is -0.481 e. The van der Waals surface area contributed by atoms with Crippen LogP contribution >= 0.6 is 23.1 Å². The van der Waals surface area contributed by atoms with Gasteiger partial charge in [0.05, 0.1) is 10.9 Å². The van der Waals surface area contributed by atoms with Gasteiger partial charge in [0.1, 0.15) is 11.4 Å². The Labute approximate surface area is 330 Å². The minimum absolute atomic E-state index is 0.137. The van der Waals surface area contributed by atoms with E-state index in [-0.39, 0.29) is 22.5 Å². The maximum atomic E-state index is 7.63. The molecule has 3 aliphatic rings. The normalized spacial score (nSPS) is 27.7. The van der Waals surface area contributed by atoms with E-state index in [1.165, 1.54) is 66.9 Å². The molecule has 0 spiro atoms. The number of fused-ring (bicyclic) bond motifs is 2. The molecular weight excluding hydrogens is 673 g/mol. The maximum absolute atomic E-state index is 7.63. The van der Waals surface area contributed by atoms with Crippen LogP contribution in [0.3, 0.4) is 0 Å². The Bertz CT molecular complexity index is 1350. The van der Waals surface area contributed by atoms with Gasteiger partial charge in [-0.3, -0.25) is 5.32 Å². The maximum Gasteiger partial charge on any atom is 0.140 e. The number of hydrogen-bond donors (Lipinski definition) is 2. The molecule has 3 nitrogen and oxygen atoms in total. The smallest absolute Gasteiger partial charge is 0.140 e. The summed E-state index contributed by atoms with van der Waals surface area (Å²) in [5.74, 6) is 12.1. The summed E-state index contributed by atoms with van der Waals surface area (Å²) in [6, 6.07) is 3.01. The second-order valence-corrected chi connectivity index (χ2v) is 22.3. The molecule has 7 unspecified atom stereocenters. The summed E-state index contributed by atoms with van der Waals surface area (Å²) in [6.45, 7) is 31.5. The highest BCUT2D eigenvalue weighted by atomic mass is 32.2. The van der Waals surface area contributed by atoms with Crippen molar-refractivity contribution < 1.29 is 4.74 Å². The van der Waals surface area contributed by atoms with Crippen LogP contribution in [0.1, 0.15) is 183 Å². The molecule has 0 bridgehead atoms. The Morgan fingerprint density at radius 2 is 1.52 bits per heavy atom. The molecule has 0 amide bonds. The number of nitrogens with one attached hydrogen (secondary N) is 1. The fourth-order valence-electron chi connectivity index (χ4n) is 9.23. The lowest BCUT2D eigenvalue weighted by molar-refractivity contribution is 0.0652. The number of rotatable bonds is 18. The van der Waals surface area contributed by atoms with Crippen LogP contribution in [-0.4, -0.2) is 29.5 Å². The minimum atomic E-state index is -0.230. The van der Waals surface area contributed by atoms with Gasteiger partial charge in [0.2, 0.25) is 0 Å². The summed E-state index contributed by atoms with van der Waals surface area (Å²) in [5, 5.41) is 4.57. The third-order valence-corrected chi connectivity index (χ3v) is 16.3. The van der Waals surface area contributed by atoms with Gasteiger partial charge >= 0.3 is 0 Å². The van der Waals surface area contributed by atoms with Gasteiger partial charge in [-0.2, -0.15) is 0 Å². The molecule has 1 fully saturated rings. The SMILES string of the molecule is CC#CC1NC(C(C)(C)C)C(CN)CC1C1CC2=C(S1)c1sc(C(C)(C)CC)cc1OC2(CCC(C)CCCC(C)C)CCC(C)CCCC(C)C. The Kier molecular flexibility index (Phi) is 15.8. The first-order chi connectivity index (χ1) is 24.4. The van der Waals surface area contributed by atoms with Gasteiger partial charge in [-0.05, 0) is 116 Å². The summed E-state index contributed by atoms with van der Waals surface area (Å²) in [5.41, 5.74) is 8.25. The van der Waals surface area contributed by atoms with Crippen molar-refractivity contribution in [3.05, 3.63) is 21.4 Å². The molecule has 0 aliphatic carbocycles. The van der Waals surface area contributed by atoms with Gasteiger partial charge in [0, 0.05) is 21.1 Å². The summed E-state index contributed by atoms with van der Waals surface area (Å²) >= 11 is 4.21. The van der Waals surface area contributed by atoms with E-state index in [1.54, 1.807) is 10.5 Å². The fourth-order valence-corrected chi connectivity index (χ4v) is 12.3. The average molecular weight is 753 g/mol. The molecule has 1 aromatic rings. The van der Waals surface area contributed by atoms with Crippen LogP contribution in [0.2, 0.25) is 0 Å². The first kappa shape index (κ1) is 43.8. The van der Waals surface area contributed by atoms with E-state index in [1.807, 2.05) is 18.3 Å². The first-order valence-corrected chi connectivity index (χ1v) is 23.3. The monoisotopic (exact) mass is 753 g/mol. The van der Waals surface area contributed by atoms with Gasteiger partial charge in [-0.1, -0.05) is 128 Å². The van der Waals surface area contributed by atoms with Crippen LogP contribution in [0.5, 0.6) is 5.75 Å². The standard InChI is InChI=1S/C47H80N2OS2/c1-14-18-38-36(27-35(30-48)44(49-38)45(9,10)11)40-28-37-42(51-40)43-39(29-41(52-43)46(12,13)15-2)50-47(37,25-23-33(7)21-16-19-31(3)4)26-24-34(8)22-17-20-32(5)6/h29,31-36,38,40,44,49H,15-17,19-28,30,48H2,1-13H3. The molecule has 0 saturated carbocycles. The third kappa shape index (κ3) is 10.9. The number of piperidine rings is 1. The molecule has 0 radical (unpaired) electrons. The number of thioether (sulfide) groups is 1. The van der Waals surface area contributed by atoms with Gasteiger partial charge in [0.15, 0.2) is 0 Å². The molecular formula is C47H80N2OS2. The van der Waals surface area contributed by atoms with Crippen LogP contribution < -0.4 is 15.8 Å². The third-order valence-electron chi connectivity index (χ3n) is 13.1. The quantitative estimate of drug-likeness (QED) is 0.147. The Balaban J connectivity index is 1.73. The van der Waals surface area contributed by atoms with Crippen molar-refractivity contribution in [2.75, 3.05) is 6.54 Å². The van der Waals surface area contributed by atoms with E-state index >= 15 is 0 Å². The van der Waals surface area contributed by atoms with Crippen molar-refractivity contribution in [2.45, 2.75) is 202 Å². The van der Waals surface area contributed by atoms with Crippen LogP contribution in [0.15, 0.2) is 11.6 Å². The zero-order valence-corrected chi connectivity index (χ0v) is 37.6. The Morgan fingerprint density at radius 1 is 0.923 bits per heavy atom. The molecule has 0 aromatic carbocycles. The van der Waals surface area contributed by atoms with Gasteiger partial charge in [-0.25, -0.2) is 0 Å². The van der Waals surface area contributed by atoms with Gasteiger partial charge in [-0.15, -0.1) is 29.0 Å². The van der Waals surface area contributed by atoms with Crippen LogP contribution in [0.4, 0.5) is 0 Å². The number of hydrogen-bond acceptors (Lipinski definition) is 5. The van der Waals surface area contributed by atoms with Crippen molar-refractivity contribution in [2.24, 2.45) is 46.7 Å². The van der Waals surface area contributed by atoms with E-state index in [4.69, 9.17) is 10.5 Å². The number of nitrogens with two attached hydrogens (primary N) is 1. The number of thiophene rings is 1. The number of ether oxygens (including phenoxy) is 1. The van der Waals surface area contributed by atoms with Crippen LogP contribution in [-0.2, 0) is 5.41 Å². The molecule has 1 saturated heterocycles. The summed E-state index contributed by atoms with van der Waals surface area (Å²) in [4.78, 5) is 4.45. The zero-order valence-electron chi connectivity index (χ0n) is 36.0. The summed E-state index contributed by atoms with van der Waals surface area (Å²) in [6.07, 6.45) is 16.1. The molecule has 3 aliphatic heterocycles. The van der Waals surface area contributed by atoms with E-state index in [0.29, 0.717) is 35.0 Å². The fraction of sp³-hybridized carbons (Fsp3) is 0.830. The molecule has 4 rings (SSSR count). The second-order valence-electron chi connectivity index (χ2n) is 20.0. The first-order valence-electron chi connectivity index (χ1n) is 21.6. The predicted molar refractivity (Wildman–Crippen MR) is 232 cm³/mol. The van der Waals surface area contributed by atoms with E-state index < -0.39 is 0 Å². The molecule has 52 heavy (non-hydrogen) atoms. The topological polar surface area (TPSA) is 47.3 Å². The van der Waals surface area contributed by atoms with Gasteiger partial charge in [0.25, 0.3) is 0 Å². The lowest BCUT2D eigenvalue weighted by Crippen LogP contribution is -2.60. The van der Waals surface area contributed by atoms with Gasteiger partial charge < -0.3 is 10.5 Å². The van der Waals surface area contributed by atoms with Crippen molar-refractivity contribution in [3.63, 3.8) is 0 Å². The zero-order chi connectivity index (χ0) is 38.4. The molecule has 7 atom stereocenters. The van der Waals surface area contributed by atoms with E-state index in [0.717, 1.165) is 50.5 Å².